The van der Waals surface area contributed by atoms with Crippen LogP contribution in [-0.2, 0) is 13.0 Å². The van der Waals surface area contributed by atoms with Crippen molar-refractivity contribution in [1.82, 2.24) is 5.32 Å². The third-order valence-corrected chi connectivity index (χ3v) is 3.30. The van der Waals surface area contributed by atoms with Gasteiger partial charge in [-0.3, -0.25) is 0 Å². The molecular weight excluding hydrogens is 265 g/mol. The van der Waals surface area contributed by atoms with Crippen LogP contribution in [-0.4, -0.2) is 12.6 Å². The summed E-state index contributed by atoms with van der Waals surface area (Å²) in [5.41, 5.74) is 2.20. The lowest BCUT2D eigenvalue weighted by atomic mass is 10.1. The lowest BCUT2D eigenvalue weighted by Crippen LogP contribution is -2.27. The van der Waals surface area contributed by atoms with Crippen LogP contribution in [0.5, 0.6) is 5.75 Å². The van der Waals surface area contributed by atoms with Crippen molar-refractivity contribution in [3.63, 3.8) is 0 Å². The summed E-state index contributed by atoms with van der Waals surface area (Å²) < 4.78 is 18.6. The smallest absolute Gasteiger partial charge is 0.123 e. The highest BCUT2D eigenvalue weighted by molar-refractivity contribution is 5.28. The van der Waals surface area contributed by atoms with E-state index in [4.69, 9.17) is 4.74 Å². The molecule has 0 aliphatic carbocycles. The Balaban J connectivity index is 1.86. The van der Waals surface area contributed by atoms with Crippen LogP contribution in [0.2, 0.25) is 0 Å². The molecule has 2 nitrogen and oxygen atoms in total. The van der Waals surface area contributed by atoms with E-state index in [1.54, 1.807) is 12.1 Å². The minimum atomic E-state index is -0.177. The zero-order chi connectivity index (χ0) is 15.1. The van der Waals surface area contributed by atoms with E-state index in [2.05, 4.69) is 18.3 Å². The number of benzene rings is 2. The van der Waals surface area contributed by atoms with Crippen LogP contribution in [0, 0.1) is 5.82 Å². The Morgan fingerprint density at radius 3 is 2.62 bits per heavy atom. The molecule has 2 aromatic rings. The summed E-state index contributed by atoms with van der Waals surface area (Å²) in [6.07, 6.45) is 0.808. The second kappa shape index (κ2) is 7.79. The molecule has 0 amide bonds. The van der Waals surface area contributed by atoms with Crippen molar-refractivity contribution in [2.45, 2.75) is 32.9 Å². The van der Waals surface area contributed by atoms with Crippen LogP contribution in [0.3, 0.4) is 0 Å². The van der Waals surface area contributed by atoms with E-state index in [0.717, 1.165) is 24.3 Å². The summed E-state index contributed by atoms with van der Waals surface area (Å²) in [5, 5.41) is 3.46. The Morgan fingerprint density at radius 2 is 1.86 bits per heavy atom. The van der Waals surface area contributed by atoms with E-state index >= 15 is 0 Å². The summed E-state index contributed by atoms with van der Waals surface area (Å²) in [5.74, 6) is 0.721. The van der Waals surface area contributed by atoms with Gasteiger partial charge in [0.25, 0.3) is 0 Å². The van der Waals surface area contributed by atoms with Crippen LogP contribution in [0.25, 0.3) is 0 Å². The monoisotopic (exact) mass is 287 g/mol. The number of halogens is 1. The fourth-order valence-corrected chi connectivity index (χ4v) is 2.29. The Bertz CT molecular complexity index is 571. The SMILES string of the molecule is CCOc1cccc(CNC(C)Cc2cccc(F)c2)c1. The molecule has 3 heteroatoms. The molecule has 0 aliphatic heterocycles. The first kappa shape index (κ1) is 15.5. The summed E-state index contributed by atoms with van der Waals surface area (Å²) >= 11 is 0. The Kier molecular flexibility index (Phi) is 5.76. The largest absolute Gasteiger partial charge is 0.494 e. The summed E-state index contributed by atoms with van der Waals surface area (Å²) in [6, 6.07) is 15.1. The Hall–Kier alpha value is -1.87. The first-order chi connectivity index (χ1) is 10.2. The van der Waals surface area contributed by atoms with Crippen molar-refractivity contribution in [3.05, 3.63) is 65.5 Å². The summed E-state index contributed by atoms with van der Waals surface area (Å²) in [6.45, 7) is 5.54. The maximum absolute atomic E-state index is 13.2. The van der Waals surface area contributed by atoms with E-state index in [1.165, 1.54) is 11.6 Å². The van der Waals surface area contributed by atoms with Crippen molar-refractivity contribution >= 4 is 0 Å². The number of rotatable bonds is 7. The van der Waals surface area contributed by atoms with E-state index in [1.807, 2.05) is 31.2 Å². The maximum Gasteiger partial charge on any atom is 0.123 e. The fourth-order valence-electron chi connectivity index (χ4n) is 2.29. The zero-order valence-corrected chi connectivity index (χ0v) is 12.6. The van der Waals surface area contributed by atoms with Gasteiger partial charge in [-0.1, -0.05) is 24.3 Å². The van der Waals surface area contributed by atoms with Gasteiger partial charge in [-0.25, -0.2) is 4.39 Å². The highest BCUT2D eigenvalue weighted by Crippen LogP contribution is 2.13. The summed E-state index contributed by atoms with van der Waals surface area (Å²) in [7, 11) is 0. The van der Waals surface area contributed by atoms with Gasteiger partial charge in [0.15, 0.2) is 0 Å². The summed E-state index contributed by atoms with van der Waals surface area (Å²) in [4.78, 5) is 0. The Labute approximate surface area is 126 Å². The first-order valence-corrected chi connectivity index (χ1v) is 7.37. The molecule has 0 aromatic heterocycles. The van der Waals surface area contributed by atoms with Crippen molar-refractivity contribution < 1.29 is 9.13 Å². The van der Waals surface area contributed by atoms with Crippen LogP contribution in [0.1, 0.15) is 25.0 Å². The number of hydrogen-bond donors (Lipinski definition) is 1. The quantitative estimate of drug-likeness (QED) is 0.832. The maximum atomic E-state index is 13.2. The molecule has 0 saturated heterocycles. The average Bonchev–Trinajstić information content (AvgIpc) is 2.46. The average molecular weight is 287 g/mol. The molecule has 1 atom stereocenters. The van der Waals surface area contributed by atoms with Gasteiger partial charge in [0, 0.05) is 12.6 Å². The highest BCUT2D eigenvalue weighted by atomic mass is 19.1. The van der Waals surface area contributed by atoms with E-state index in [-0.39, 0.29) is 11.9 Å². The van der Waals surface area contributed by atoms with Crippen LogP contribution in [0.4, 0.5) is 4.39 Å². The molecule has 0 spiro atoms. The molecule has 112 valence electrons. The molecule has 1 unspecified atom stereocenters. The zero-order valence-electron chi connectivity index (χ0n) is 12.6. The predicted molar refractivity (Wildman–Crippen MR) is 84.0 cm³/mol. The lowest BCUT2D eigenvalue weighted by Gasteiger charge is -2.14. The van der Waals surface area contributed by atoms with Gasteiger partial charge in [0.1, 0.15) is 11.6 Å². The molecule has 0 saturated carbocycles. The van der Waals surface area contributed by atoms with Gasteiger partial charge < -0.3 is 10.1 Å². The van der Waals surface area contributed by atoms with Crippen molar-refractivity contribution in [1.29, 1.82) is 0 Å². The molecule has 0 bridgehead atoms. The van der Waals surface area contributed by atoms with Crippen molar-refractivity contribution in [2.75, 3.05) is 6.61 Å². The van der Waals surface area contributed by atoms with Crippen molar-refractivity contribution in [3.8, 4) is 5.75 Å². The number of nitrogens with one attached hydrogen (secondary N) is 1. The fraction of sp³-hybridized carbons (Fsp3) is 0.333. The molecule has 21 heavy (non-hydrogen) atoms. The molecule has 1 N–H and O–H groups in total. The van der Waals surface area contributed by atoms with Gasteiger partial charge in [-0.05, 0) is 55.7 Å². The first-order valence-electron chi connectivity index (χ1n) is 7.37. The second-order valence-electron chi connectivity index (χ2n) is 5.20. The molecule has 0 heterocycles. The minimum absolute atomic E-state index is 0.177. The molecule has 0 fully saturated rings. The van der Waals surface area contributed by atoms with Gasteiger partial charge in [0.05, 0.1) is 6.61 Å². The van der Waals surface area contributed by atoms with Gasteiger partial charge in [0.2, 0.25) is 0 Å². The lowest BCUT2D eigenvalue weighted by molar-refractivity contribution is 0.339. The van der Waals surface area contributed by atoms with Crippen LogP contribution in [0.15, 0.2) is 48.5 Å². The van der Waals surface area contributed by atoms with Crippen LogP contribution < -0.4 is 10.1 Å². The molecule has 2 aromatic carbocycles. The van der Waals surface area contributed by atoms with Gasteiger partial charge >= 0.3 is 0 Å². The molecular formula is C18H22FNO. The number of ether oxygens (including phenoxy) is 1. The Morgan fingerprint density at radius 1 is 1.10 bits per heavy atom. The van der Waals surface area contributed by atoms with Gasteiger partial charge in [-0.15, -0.1) is 0 Å². The molecule has 0 aliphatic rings. The topological polar surface area (TPSA) is 21.3 Å². The normalized spacial score (nSPS) is 12.1. The molecule has 2 rings (SSSR count). The van der Waals surface area contributed by atoms with E-state index in [9.17, 15) is 4.39 Å². The highest BCUT2D eigenvalue weighted by Gasteiger charge is 2.05. The predicted octanol–water partition coefficient (Wildman–Crippen LogP) is 3.95. The number of hydrogen-bond acceptors (Lipinski definition) is 2. The van der Waals surface area contributed by atoms with E-state index < -0.39 is 0 Å². The third kappa shape index (κ3) is 5.20. The van der Waals surface area contributed by atoms with E-state index in [0.29, 0.717) is 6.61 Å². The van der Waals surface area contributed by atoms with Crippen molar-refractivity contribution in [2.24, 2.45) is 0 Å². The standard InChI is InChI=1S/C18H22FNO/c1-3-21-18-9-5-7-16(12-18)13-20-14(2)10-15-6-4-8-17(19)11-15/h4-9,11-12,14,20H,3,10,13H2,1-2H3. The van der Waals surface area contributed by atoms with Crippen LogP contribution >= 0.6 is 0 Å². The second-order valence-corrected chi connectivity index (χ2v) is 5.20. The minimum Gasteiger partial charge on any atom is -0.494 e. The third-order valence-electron chi connectivity index (χ3n) is 3.30. The molecule has 0 radical (unpaired) electrons. The van der Waals surface area contributed by atoms with Gasteiger partial charge in [-0.2, -0.15) is 0 Å².